The van der Waals surface area contributed by atoms with Crippen LogP contribution in [0.25, 0.3) is 16.4 Å². The summed E-state index contributed by atoms with van der Waals surface area (Å²) in [5.41, 5.74) is 3.34. The van der Waals surface area contributed by atoms with E-state index in [0.717, 1.165) is 28.4 Å². The minimum Gasteiger partial charge on any atom is -0.361 e. The molecular formula is C20H19N5O2. The van der Waals surface area contributed by atoms with Crippen LogP contribution in [0.4, 0.5) is 0 Å². The second kappa shape index (κ2) is 7.33. The van der Waals surface area contributed by atoms with Crippen molar-refractivity contribution in [3.05, 3.63) is 72.2 Å². The molecule has 3 heterocycles. The highest BCUT2D eigenvalue weighted by Crippen LogP contribution is 2.17. The van der Waals surface area contributed by atoms with Crippen LogP contribution >= 0.6 is 0 Å². The van der Waals surface area contributed by atoms with E-state index in [-0.39, 0.29) is 24.1 Å². The van der Waals surface area contributed by atoms with E-state index >= 15 is 0 Å². The molecule has 0 unspecified atom stereocenters. The Morgan fingerprint density at radius 2 is 1.93 bits per heavy atom. The third-order valence-corrected chi connectivity index (χ3v) is 4.40. The van der Waals surface area contributed by atoms with Crippen LogP contribution in [0.2, 0.25) is 0 Å². The summed E-state index contributed by atoms with van der Waals surface area (Å²) in [5, 5.41) is 10.8. The first kappa shape index (κ1) is 16.8. The number of rotatable bonds is 6. The fourth-order valence-electron chi connectivity index (χ4n) is 3.04. The van der Waals surface area contributed by atoms with Crippen molar-refractivity contribution in [2.45, 2.75) is 6.42 Å². The van der Waals surface area contributed by atoms with Crippen LogP contribution in [-0.2, 0) is 11.2 Å². The molecule has 3 aromatic heterocycles. The van der Waals surface area contributed by atoms with Crippen molar-refractivity contribution >= 4 is 28.2 Å². The lowest BCUT2D eigenvalue weighted by Crippen LogP contribution is -2.37. The molecule has 7 nitrogen and oxygen atoms in total. The van der Waals surface area contributed by atoms with Crippen molar-refractivity contribution in [2.75, 3.05) is 13.1 Å². The quantitative estimate of drug-likeness (QED) is 0.490. The molecule has 2 amide bonds. The van der Waals surface area contributed by atoms with Gasteiger partial charge in [0, 0.05) is 29.8 Å². The van der Waals surface area contributed by atoms with Crippen LogP contribution in [0, 0.1) is 0 Å². The first-order valence-electron chi connectivity index (χ1n) is 8.75. The lowest BCUT2D eigenvalue weighted by molar-refractivity contribution is -0.120. The first-order chi connectivity index (χ1) is 13.2. The molecule has 136 valence electrons. The summed E-state index contributed by atoms with van der Waals surface area (Å²) >= 11 is 0. The number of aromatic amines is 1. The van der Waals surface area contributed by atoms with Gasteiger partial charge in [0.1, 0.15) is 0 Å². The van der Waals surface area contributed by atoms with E-state index < -0.39 is 0 Å². The summed E-state index contributed by atoms with van der Waals surface area (Å²) in [4.78, 5) is 27.4. The van der Waals surface area contributed by atoms with Crippen LogP contribution in [-0.4, -0.2) is 39.5 Å². The highest BCUT2D eigenvalue weighted by Gasteiger charge is 2.12. The third-order valence-electron chi connectivity index (χ3n) is 4.40. The van der Waals surface area contributed by atoms with Crippen LogP contribution in [0.1, 0.15) is 16.1 Å². The Bertz CT molecular complexity index is 1080. The molecule has 0 aliphatic rings. The molecule has 4 aromatic rings. The van der Waals surface area contributed by atoms with Gasteiger partial charge in [0.25, 0.3) is 5.91 Å². The largest absolute Gasteiger partial charge is 0.361 e. The van der Waals surface area contributed by atoms with Gasteiger partial charge in [0.2, 0.25) is 5.91 Å². The Balaban J connectivity index is 1.26. The number of hydrogen-bond acceptors (Lipinski definition) is 3. The highest BCUT2D eigenvalue weighted by atomic mass is 16.2. The number of aromatic nitrogens is 3. The molecule has 0 aliphatic heterocycles. The van der Waals surface area contributed by atoms with Crippen molar-refractivity contribution < 1.29 is 9.59 Å². The third kappa shape index (κ3) is 3.67. The van der Waals surface area contributed by atoms with Gasteiger partial charge >= 0.3 is 0 Å². The summed E-state index contributed by atoms with van der Waals surface area (Å²) in [6, 6.07) is 15.3. The van der Waals surface area contributed by atoms with Gasteiger partial charge in [-0.3, -0.25) is 9.59 Å². The zero-order valence-corrected chi connectivity index (χ0v) is 14.6. The van der Waals surface area contributed by atoms with Crippen molar-refractivity contribution in [1.82, 2.24) is 25.2 Å². The maximum atomic E-state index is 12.2. The highest BCUT2D eigenvalue weighted by molar-refractivity contribution is 5.95. The van der Waals surface area contributed by atoms with E-state index in [1.165, 1.54) is 0 Å². The van der Waals surface area contributed by atoms with E-state index in [2.05, 4.69) is 26.8 Å². The van der Waals surface area contributed by atoms with Crippen LogP contribution in [0.15, 0.2) is 60.9 Å². The number of benzene rings is 1. The lowest BCUT2D eigenvalue weighted by Gasteiger charge is -2.06. The second-order valence-corrected chi connectivity index (χ2v) is 6.24. The standard InChI is InChI=1S/C20H19N5O2/c26-19(21-9-8-14-12-22-17-7-2-1-6-16(14)17)13-23-20(27)18-11-15-5-3-4-10-25(15)24-18/h1-7,10-12,22H,8-9,13H2,(H,21,26)(H,23,27). The average molecular weight is 361 g/mol. The molecule has 0 fully saturated rings. The van der Waals surface area contributed by atoms with Gasteiger partial charge in [-0.1, -0.05) is 24.3 Å². The number of H-pyrrole nitrogens is 1. The van der Waals surface area contributed by atoms with Gasteiger partial charge in [-0.25, -0.2) is 4.52 Å². The van der Waals surface area contributed by atoms with Crippen molar-refractivity contribution in [1.29, 1.82) is 0 Å². The van der Waals surface area contributed by atoms with Gasteiger partial charge in [0.15, 0.2) is 5.69 Å². The summed E-state index contributed by atoms with van der Waals surface area (Å²) < 4.78 is 1.62. The first-order valence-corrected chi connectivity index (χ1v) is 8.75. The fourth-order valence-corrected chi connectivity index (χ4v) is 3.04. The smallest absolute Gasteiger partial charge is 0.272 e. The monoisotopic (exact) mass is 361 g/mol. The molecule has 7 heteroatoms. The van der Waals surface area contributed by atoms with Gasteiger partial charge in [0.05, 0.1) is 12.1 Å². The maximum Gasteiger partial charge on any atom is 0.272 e. The predicted octanol–water partition coefficient (Wildman–Crippen LogP) is 1.90. The zero-order valence-electron chi connectivity index (χ0n) is 14.6. The molecule has 0 radical (unpaired) electrons. The molecule has 0 aliphatic carbocycles. The van der Waals surface area contributed by atoms with Gasteiger partial charge in [-0.05, 0) is 36.2 Å². The number of pyridine rings is 1. The van der Waals surface area contributed by atoms with E-state index in [4.69, 9.17) is 0 Å². The minimum absolute atomic E-state index is 0.0827. The number of carbonyl (C=O) groups is 2. The molecule has 0 spiro atoms. The number of carbonyl (C=O) groups excluding carboxylic acids is 2. The Morgan fingerprint density at radius 3 is 2.81 bits per heavy atom. The van der Waals surface area contributed by atoms with Gasteiger partial charge in [-0.15, -0.1) is 0 Å². The maximum absolute atomic E-state index is 12.2. The average Bonchev–Trinajstić information content (AvgIpc) is 3.30. The number of nitrogens with one attached hydrogen (secondary N) is 3. The SMILES string of the molecule is O=C(CNC(=O)c1cc2ccccn2n1)NCCc1c[nH]c2ccccc12. The molecule has 0 saturated carbocycles. The lowest BCUT2D eigenvalue weighted by atomic mass is 10.1. The summed E-state index contributed by atoms with van der Waals surface area (Å²) in [6.07, 6.45) is 4.45. The van der Waals surface area contributed by atoms with Crippen LogP contribution in [0.3, 0.4) is 0 Å². The topological polar surface area (TPSA) is 91.3 Å². The normalized spacial score (nSPS) is 11.0. The predicted molar refractivity (Wildman–Crippen MR) is 103 cm³/mol. The summed E-state index contributed by atoms with van der Waals surface area (Å²) in [7, 11) is 0. The molecule has 4 rings (SSSR count). The van der Waals surface area contributed by atoms with Crippen molar-refractivity contribution in [3.63, 3.8) is 0 Å². The molecule has 0 atom stereocenters. The van der Waals surface area contributed by atoms with Crippen molar-refractivity contribution in [2.24, 2.45) is 0 Å². The Morgan fingerprint density at radius 1 is 1.07 bits per heavy atom. The molecule has 3 N–H and O–H groups in total. The second-order valence-electron chi connectivity index (χ2n) is 6.24. The number of hydrogen-bond donors (Lipinski definition) is 3. The van der Waals surface area contributed by atoms with Gasteiger partial charge < -0.3 is 15.6 Å². The Labute approximate surface area is 155 Å². The summed E-state index contributed by atoms with van der Waals surface area (Å²) in [6.45, 7) is 0.422. The fraction of sp³-hybridized carbons (Fsp3) is 0.150. The molecule has 1 aromatic carbocycles. The Hall–Kier alpha value is -3.61. The molecular weight excluding hydrogens is 342 g/mol. The number of amides is 2. The number of nitrogens with zero attached hydrogens (tertiary/aromatic N) is 2. The van der Waals surface area contributed by atoms with Crippen LogP contribution < -0.4 is 10.6 Å². The van der Waals surface area contributed by atoms with E-state index in [1.54, 1.807) is 16.8 Å². The zero-order chi connectivity index (χ0) is 18.6. The molecule has 0 bridgehead atoms. The molecule has 0 saturated heterocycles. The minimum atomic E-state index is -0.370. The van der Waals surface area contributed by atoms with E-state index in [0.29, 0.717) is 6.54 Å². The van der Waals surface area contributed by atoms with Gasteiger partial charge in [-0.2, -0.15) is 5.10 Å². The van der Waals surface area contributed by atoms with Crippen LogP contribution in [0.5, 0.6) is 0 Å². The Kier molecular flexibility index (Phi) is 4.57. The van der Waals surface area contributed by atoms with E-state index in [9.17, 15) is 9.59 Å². The number of para-hydroxylation sites is 1. The number of fused-ring (bicyclic) bond motifs is 2. The van der Waals surface area contributed by atoms with E-state index in [1.807, 2.05) is 42.6 Å². The summed E-state index contributed by atoms with van der Waals surface area (Å²) in [5.74, 6) is -0.600. The molecule has 27 heavy (non-hydrogen) atoms. The van der Waals surface area contributed by atoms with Crippen molar-refractivity contribution in [3.8, 4) is 0 Å².